The van der Waals surface area contributed by atoms with Crippen molar-refractivity contribution in [2.75, 3.05) is 0 Å². The molecule has 0 saturated heterocycles. The first kappa shape index (κ1) is 12.6. The topological polar surface area (TPSA) is 24.9 Å². The number of hydrogen-bond donors (Lipinski definition) is 1. The van der Waals surface area contributed by atoms with E-state index in [0.717, 1.165) is 11.6 Å². The van der Waals surface area contributed by atoms with Gasteiger partial charge in [-0.25, -0.2) is 8.78 Å². The van der Waals surface area contributed by atoms with Crippen molar-refractivity contribution in [1.82, 2.24) is 10.3 Å². The van der Waals surface area contributed by atoms with Crippen molar-refractivity contribution in [1.29, 1.82) is 0 Å². The Morgan fingerprint density at radius 3 is 2.72 bits per heavy atom. The van der Waals surface area contributed by atoms with Gasteiger partial charge in [0.1, 0.15) is 0 Å². The molecule has 1 atom stereocenters. The zero-order valence-electron chi connectivity index (χ0n) is 10.0. The second-order valence-corrected chi connectivity index (χ2v) is 4.14. The van der Waals surface area contributed by atoms with Crippen LogP contribution in [0.25, 0.3) is 0 Å². The minimum atomic E-state index is -0.820. The van der Waals surface area contributed by atoms with Crippen LogP contribution in [0.1, 0.15) is 24.1 Å². The molecule has 0 radical (unpaired) electrons. The third kappa shape index (κ3) is 3.11. The van der Waals surface area contributed by atoms with E-state index < -0.39 is 11.6 Å². The van der Waals surface area contributed by atoms with Crippen LogP contribution in [-0.2, 0) is 6.54 Å². The van der Waals surface area contributed by atoms with Crippen molar-refractivity contribution in [2.24, 2.45) is 0 Å². The number of nitrogens with zero attached hydrogens (tertiary/aromatic N) is 1. The number of benzene rings is 1. The Hall–Kier alpha value is -1.81. The number of aromatic nitrogens is 1. The molecule has 0 aliphatic rings. The predicted molar refractivity (Wildman–Crippen MR) is 65.8 cm³/mol. The van der Waals surface area contributed by atoms with E-state index in [1.54, 1.807) is 18.5 Å². The summed E-state index contributed by atoms with van der Waals surface area (Å²) in [6, 6.07) is 7.86. The second kappa shape index (κ2) is 5.69. The lowest BCUT2D eigenvalue weighted by Crippen LogP contribution is -2.18. The van der Waals surface area contributed by atoms with Gasteiger partial charge in [0, 0.05) is 25.0 Å². The average Bonchev–Trinajstić information content (AvgIpc) is 2.41. The largest absolute Gasteiger partial charge is 0.306 e. The van der Waals surface area contributed by atoms with Crippen LogP contribution < -0.4 is 5.32 Å². The molecule has 0 amide bonds. The third-order valence-electron chi connectivity index (χ3n) is 2.78. The van der Waals surface area contributed by atoms with Gasteiger partial charge in [-0.2, -0.15) is 0 Å². The summed E-state index contributed by atoms with van der Waals surface area (Å²) >= 11 is 0. The number of pyridine rings is 1. The molecule has 4 heteroatoms. The smallest absolute Gasteiger partial charge is 0.159 e. The molecule has 94 valence electrons. The van der Waals surface area contributed by atoms with Crippen LogP contribution in [0.5, 0.6) is 0 Å². The predicted octanol–water partition coefficient (Wildman–Crippen LogP) is 3.21. The summed E-state index contributed by atoms with van der Waals surface area (Å²) in [5, 5.41) is 3.23. The summed E-state index contributed by atoms with van der Waals surface area (Å²) < 4.78 is 25.8. The molecule has 0 fully saturated rings. The molecule has 2 nitrogen and oxygen atoms in total. The lowest BCUT2D eigenvalue weighted by atomic mass is 10.1. The Morgan fingerprint density at radius 2 is 2.06 bits per heavy atom. The van der Waals surface area contributed by atoms with Crippen LogP contribution >= 0.6 is 0 Å². The van der Waals surface area contributed by atoms with Gasteiger partial charge in [0.05, 0.1) is 0 Å². The monoisotopic (exact) mass is 248 g/mol. The van der Waals surface area contributed by atoms with Gasteiger partial charge in [0.25, 0.3) is 0 Å². The first-order valence-electron chi connectivity index (χ1n) is 5.74. The first-order chi connectivity index (χ1) is 8.66. The minimum Gasteiger partial charge on any atom is -0.306 e. The summed E-state index contributed by atoms with van der Waals surface area (Å²) in [7, 11) is 0. The van der Waals surface area contributed by atoms with Gasteiger partial charge in [0.2, 0.25) is 0 Å². The van der Waals surface area contributed by atoms with Gasteiger partial charge in [-0.1, -0.05) is 12.1 Å². The van der Waals surface area contributed by atoms with Crippen molar-refractivity contribution in [3.63, 3.8) is 0 Å². The van der Waals surface area contributed by atoms with Crippen LogP contribution in [0.2, 0.25) is 0 Å². The zero-order chi connectivity index (χ0) is 13.0. The maximum Gasteiger partial charge on any atom is 0.159 e. The van der Waals surface area contributed by atoms with Crippen molar-refractivity contribution in [2.45, 2.75) is 19.5 Å². The normalized spacial score (nSPS) is 12.4. The quantitative estimate of drug-likeness (QED) is 0.898. The summed E-state index contributed by atoms with van der Waals surface area (Å²) in [6.07, 6.45) is 3.49. The number of rotatable bonds is 4. The van der Waals surface area contributed by atoms with E-state index in [4.69, 9.17) is 0 Å². The minimum absolute atomic E-state index is 0.104. The van der Waals surface area contributed by atoms with Crippen molar-refractivity contribution >= 4 is 0 Å². The highest BCUT2D eigenvalue weighted by Gasteiger charge is 2.06. The molecule has 2 aromatic rings. The molecule has 0 spiro atoms. The van der Waals surface area contributed by atoms with E-state index >= 15 is 0 Å². The summed E-state index contributed by atoms with van der Waals surface area (Å²) in [5.74, 6) is -1.64. The van der Waals surface area contributed by atoms with Gasteiger partial charge in [-0.3, -0.25) is 4.98 Å². The summed E-state index contributed by atoms with van der Waals surface area (Å²) in [4.78, 5) is 4.04. The average molecular weight is 248 g/mol. The fraction of sp³-hybridized carbons (Fsp3) is 0.214. The van der Waals surface area contributed by atoms with Crippen molar-refractivity contribution < 1.29 is 8.78 Å². The molecule has 0 unspecified atom stereocenters. The molecule has 0 aliphatic heterocycles. The van der Waals surface area contributed by atoms with Gasteiger partial charge < -0.3 is 5.32 Å². The van der Waals surface area contributed by atoms with Gasteiger partial charge in [0.15, 0.2) is 11.6 Å². The van der Waals surface area contributed by atoms with Crippen LogP contribution in [0.15, 0.2) is 42.7 Å². The Bertz CT molecular complexity index is 514. The lowest BCUT2D eigenvalue weighted by Gasteiger charge is -2.13. The Balaban J connectivity index is 1.97. The van der Waals surface area contributed by atoms with Crippen LogP contribution in [-0.4, -0.2) is 4.98 Å². The van der Waals surface area contributed by atoms with Gasteiger partial charge in [-0.15, -0.1) is 0 Å². The molecular weight excluding hydrogens is 234 g/mol. The molecule has 0 bridgehead atoms. The van der Waals surface area contributed by atoms with Gasteiger partial charge in [-0.05, 0) is 36.2 Å². The Morgan fingerprint density at radius 1 is 1.22 bits per heavy atom. The van der Waals surface area contributed by atoms with E-state index in [2.05, 4.69) is 10.3 Å². The fourth-order valence-corrected chi connectivity index (χ4v) is 1.67. The first-order valence-corrected chi connectivity index (χ1v) is 5.74. The van der Waals surface area contributed by atoms with Crippen LogP contribution in [0.4, 0.5) is 8.78 Å². The molecule has 1 aromatic heterocycles. The highest BCUT2D eigenvalue weighted by Crippen LogP contribution is 2.13. The SMILES string of the molecule is C[C@@H](NCc1ccc(F)c(F)c1)c1cccnc1. The highest BCUT2D eigenvalue weighted by molar-refractivity contribution is 5.18. The van der Waals surface area contributed by atoms with Crippen LogP contribution in [0, 0.1) is 11.6 Å². The maximum atomic E-state index is 13.0. The molecule has 2 rings (SSSR count). The van der Waals surface area contributed by atoms with E-state index in [1.807, 2.05) is 19.1 Å². The van der Waals surface area contributed by atoms with E-state index in [1.165, 1.54) is 6.07 Å². The number of halogens is 2. The molecule has 0 aliphatic carbocycles. The molecule has 0 saturated carbocycles. The van der Waals surface area contributed by atoms with Crippen LogP contribution in [0.3, 0.4) is 0 Å². The van der Waals surface area contributed by atoms with Crippen molar-refractivity contribution in [3.8, 4) is 0 Å². The van der Waals surface area contributed by atoms with Crippen molar-refractivity contribution in [3.05, 3.63) is 65.5 Å². The Labute approximate surface area is 105 Å². The summed E-state index contributed by atoms with van der Waals surface area (Å²) in [6.45, 7) is 2.48. The lowest BCUT2D eigenvalue weighted by molar-refractivity contribution is 0.504. The second-order valence-electron chi connectivity index (χ2n) is 4.14. The third-order valence-corrected chi connectivity index (χ3v) is 2.78. The number of hydrogen-bond acceptors (Lipinski definition) is 2. The fourth-order valence-electron chi connectivity index (χ4n) is 1.67. The number of nitrogens with one attached hydrogen (secondary N) is 1. The molecule has 18 heavy (non-hydrogen) atoms. The van der Waals surface area contributed by atoms with Gasteiger partial charge >= 0.3 is 0 Å². The molecular formula is C14H14F2N2. The molecule has 1 N–H and O–H groups in total. The van der Waals surface area contributed by atoms with E-state index in [0.29, 0.717) is 12.1 Å². The standard InChI is InChI=1S/C14H14F2N2/c1-10(12-3-2-6-17-9-12)18-8-11-4-5-13(15)14(16)7-11/h2-7,9-10,18H,8H2,1H3/t10-/m1/s1. The maximum absolute atomic E-state index is 13.0. The Kier molecular flexibility index (Phi) is 3.99. The zero-order valence-corrected chi connectivity index (χ0v) is 10.0. The summed E-state index contributed by atoms with van der Waals surface area (Å²) in [5.41, 5.74) is 1.77. The molecule has 1 aromatic carbocycles. The van der Waals surface area contributed by atoms with E-state index in [-0.39, 0.29) is 6.04 Å². The van der Waals surface area contributed by atoms with E-state index in [9.17, 15) is 8.78 Å². The highest BCUT2D eigenvalue weighted by atomic mass is 19.2. The molecule has 1 heterocycles.